The molecule has 0 atom stereocenters. The molecule has 0 N–H and O–H groups in total. The van der Waals surface area contributed by atoms with Gasteiger partial charge in [-0.3, -0.25) is 4.79 Å². The van der Waals surface area contributed by atoms with E-state index in [9.17, 15) is 4.79 Å². The maximum atomic E-state index is 11.5. The second-order valence-corrected chi connectivity index (χ2v) is 11.0. The smallest absolute Gasteiger partial charge is 0.305 e. The van der Waals surface area contributed by atoms with Crippen LogP contribution in [-0.4, -0.2) is 24.9 Å². The Labute approximate surface area is 228 Å². The van der Waals surface area contributed by atoms with Crippen LogP contribution in [0.2, 0.25) is 0 Å². The number of carbonyl (C=O) groups excluding carboxylic acids is 1. The average Bonchev–Trinajstić information content (AvgIpc) is 3.37. The zero-order valence-electron chi connectivity index (χ0n) is 23.3. The fraction of sp³-hybridized carbons (Fsp3) is 0.594. The van der Waals surface area contributed by atoms with Gasteiger partial charge in [-0.2, -0.15) is 0 Å². The van der Waals surface area contributed by atoms with Gasteiger partial charge in [0, 0.05) is 34.3 Å². The van der Waals surface area contributed by atoms with Gasteiger partial charge in [0.25, 0.3) is 0 Å². The number of carbonyl (C=O) groups is 1. The zero-order chi connectivity index (χ0) is 26.5. The monoisotopic (exact) mass is 524 g/mol. The van der Waals surface area contributed by atoms with Crippen molar-refractivity contribution in [2.75, 3.05) is 19.0 Å². The average molecular weight is 525 g/mol. The van der Waals surface area contributed by atoms with Crippen LogP contribution < -0.4 is 4.74 Å². The fourth-order valence-corrected chi connectivity index (χ4v) is 6.03. The quantitative estimate of drug-likeness (QED) is 0.107. The van der Waals surface area contributed by atoms with Gasteiger partial charge >= 0.3 is 5.97 Å². The number of rotatable bonds is 14. The molecule has 1 aliphatic rings. The molecular weight excluding hydrogens is 480 g/mol. The van der Waals surface area contributed by atoms with E-state index in [1.54, 1.807) is 0 Å². The van der Waals surface area contributed by atoms with Gasteiger partial charge in [-0.25, -0.2) is 0 Å². The van der Waals surface area contributed by atoms with E-state index in [1.165, 1.54) is 36.1 Å². The van der Waals surface area contributed by atoms with Crippen molar-refractivity contribution in [2.24, 2.45) is 0 Å². The van der Waals surface area contributed by atoms with Crippen molar-refractivity contribution >= 4 is 17.7 Å². The Balaban J connectivity index is 1.76. The van der Waals surface area contributed by atoms with Crippen LogP contribution in [0.3, 0.4) is 0 Å². The van der Waals surface area contributed by atoms with Crippen LogP contribution in [0, 0.1) is 11.8 Å². The Morgan fingerprint density at radius 2 is 1.86 bits per heavy atom. The Kier molecular flexibility index (Phi) is 12.0. The number of esters is 1. The molecule has 0 saturated heterocycles. The van der Waals surface area contributed by atoms with Crippen molar-refractivity contribution in [3.63, 3.8) is 0 Å². The molecule has 0 spiro atoms. The number of hydrogen-bond acceptors (Lipinski definition) is 5. The lowest BCUT2D eigenvalue weighted by Gasteiger charge is -2.38. The molecule has 202 valence electrons. The van der Waals surface area contributed by atoms with E-state index in [2.05, 4.69) is 44.7 Å². The van der Waals surface area contributed by atoms with Crippen LogP contribution in [0.25, 0.3) is 0 Å². The molecule has 4 nitrogen and oxygen atoms in total. The SMILES string of the molecule is CCCCCCSc1cc2c(cc1C#Cc1ccc(CCCCC(=O)OCC)o1)C(CC)(CC)CCO2. The second kappa shape index (κ2) is 15.2. The molecule has 5 heteroatoms. The first-order chi connectivity index (χ1) is 18.0. The number of fused-ring (bicyclic) bond motifs is 1. The summed E-state index contributed by atoms with van der Waals surface area (Å²) in [6.07, 6.45) is 11.2. The maximum Gasteiger partial charge on any atom is 0.305 e. The maximum absolute atomic E-state index is 11.5. The normalized spacial score (nSPS) is 13.8. The number of ether oxygens (including phenoxy) is 2. The van der Waals surface area contributed by atoms with E-state index in [1.807, 2.05) is 30.8 Å². The van der Waals surface area contributed by atoms with Gasteiger partial charge in [0.2, 0.25) is 0 Å². The molecule has 37 heavy (non-hydrogen) atoms. The predicted octanol–water partition coefficient (Wildman–Crippen LogP) is 8.47. The summed E-state index contributed by atoms with van der Waals surface area (Å²) in [5.41, 5.74) is 2.55. The van der Waals surface area contributed by atoms with Crippen molar-refractivity contribution < 1.29 is 18.7 Å². The third-order valence-corrected chi connectivity index (χ3v) is 8.58. The number of unbranched alkanes of at least 4 members (excludes halogenated alkanes) is 4. The van der Waals surface area contributed by atoms with Crippen molar-refractivity contribution in [1.29, 1.82) is 0 Å². The predicted molar refractivity (Wildman–Crippen MR) is 153 cm³/mol. The highest BCUT2D eigenvalue weighted by Crippen LogP contribution is 2.46. The molecule has 0 saturated carbocycles. The van der Waals surface area contributed by atoms with Crippen LogP contribution in [0.5, 0.6) is 5.75 Å². The van der Waals surface area contributed by atoms with Crippen molar-refractivity contribution in [3.8, 4) is 17.6 Å². The first-order valence-corrected chi connectivity index (χ1v) is 15.2. The van der Waals surface area contributed by atoms with Gasteiger partial charge in [0.1, 0.15) is 11.5 Å². The molecule has 2 aromatic rings. The topological polar surface area (TPSA) is 48.7 Å². The van der Waals surface area contributed by atoms with Crippen LogP contribution in [0.1, 0.15) is 115 Å². The molecule has 0 amide bonds. The lowest BCUT2D eigenvalue weighted by Crippen LogP contribution is -2.32. The zero-order valence-corrected chi connectivity index (χ0v) is 24.1. The number of furan rings is 1. The van der Waals surface area contributed by atoms with E-state index >= 15 is 0 Å². The van der Waals surface area contributed by atoms with Crippen molar-refractivity contribution in [1.82, 2.24) is 0 Å². The molecule has 1 aromatic heterocycles. The summed E-state index contributed by atoms with van der Waals surface area (Å²) in [6.45, 7) is 9.89. The van der Waals surface area contributed by atoms with Crippen LogP contribution in [-0.2, 0) is 21.4 Å². The van der Waals surface area contributed by atoms with Crippen LogP contribution in [0.15, 0.2) is 33.6 Å². The second-order valence-electron chi connectivity index (χ2n) is 9.87. The van der Waals surface area contributed by atoms with Gasteiger partial charge in [-0.15, -0.1) is 11.8 Å². The van der Waals surface area contributed by atoms with Crippen LogP contribution >= 0.6 is 11.8 Å². The lowest BCUT2D eigenvalue weighted by molar-refractivity contribution is -0.143. The summed E-state index contributed by atoms with van der Waals surface area (Å²) in [7, 11) is 0. The minimum Gasteiger partial charge on any atom is -0.493 e. The number of benzene rings is 1. The summed E-state index contributed by atoms with van der Waals surface area (Å²) in [4.78, 5) is 12.7. The van der Waals surface area contributed by atoms with Gasteiger partial charge in [-0.1, -0.05) is 46.0 Å². The molecule has 3 rings (SSSR count). The standard InChI is InChI=1S/C32H44O4S/c1-5-9-10-13-22-37-30-24-29-28(32(6-2,7-3)20-21-35-29)23-25(30)16-17-27-19-18-26(36-27)14-11-12-15-31(33)34-8-4/h18-19,23-24H,5-15,20-22H2,1-4H3. The molecule has 1 aliphatic heterocycles. The minimum absolute atomic E-state index is 0.127. The highest BCUT2D eigenvalue weighted by Gasteiger charge is 2.35. The summed E-state index contributed by atoms with van der Waals surface area (Å²) >= 11 is 1.89. The summed E-state index contributed by atoms with van der Waals surface area (Å²) in [6, 6.07) is 8.48. The first kappa shape index (κ1) is 29.2. The highest BCUT2D eigenvalue weighted by atomic mass is 32.2. The van der Waals surface area contributed by atoms with Gasteiger partial charge in [-0.05, 0) is 81.4 Å². The Bertz CT molecular complexity index is 1050. The van der Waals surface area contributed by atoms with Crippen molar-refractivity contribution in [3.05, 3.63) is 46.9 Å². The van der Waals surface area contributed by atoms with Gasteiger partial charge < -0.3 is 13.9 Å². The Hall–Kier alpha value is -2.32. The first-order valence-electron chi connectivity index (χ1n) is 14.3. The number of thioether (sulfide) groups is 1. The minimum atomic E-state index is -0.127. The third-order valence-electron chi connectivity index (χ3n) is 7.44. The van der Waals surface area contributed by atoms with E-state index in [4.69, 9.17) is 13.9 Å². The summed E-state index contributed by atoms with van der Waals surface area (Å²) in [5, 5.41) is 0. The van der Waals surface area contributed by atoms with Gasteiger partial charge in [0.05, 0.1) is 13.2 Å². The van der Waals surface area contributed by atoms with E-state index in [-0.39, 0.29) is 11.4 Å². The number of aryl methyl sites for hydroxylation is 1. The van der Waals surface area contributed by atoms with E-state index < -0.39 is 0 Å². The van der Waals surface area contributed by atoms with Crippen molar-refractivity contribution in [2.45, 2.75) is 109 Å². The Morgan fingerprint density at radius 3 is 2.62 bits per heavy atom. The fourth-order valence-electron chi connectivity index (χ4n) is 5.01. The molecule has 0 bridgehead atoms. The number of hydrogen-bond donors (Lipinski definition) is 0. The van der Waals surface area contributed by atoms with Gasteiger partial charge in [0.15, 0.2) is 5.76 Å². The molecule has 0 radical (unpaired) electrons. The molecule has 2 heterocycles. The molecular formula is C32H44O4S. The molecule has 0 aliphatic carbocycles. The lowest BCUT2D eigenvalue weighted by atomic mass is 9.71. The highest BCUT2D eigenvalue weighted by molar-refractivity contribution is 7.99. The molecule has 1 aromatic carbocycles. The van der Waals surface area contributed by atoms with E-state index in [0.717, 1.165) is 68.0 Å². The molecule has 0 unspecified atom stereocenters. The molecule has 0 fully saturated rings. The Morgan fingerprint density at radius 1 is 1.03 bits per heavy atom. The van der Waals surface area contributed by atoms with E-state index in [0.29, 0.717) is 18.8 Å². The summed E-state index contributed by atoms with van der Waals surface area (Å²) in [5.74, 6) is 10.3. The summed E-state index contributed by atoms with van der Waals surface area (Å²) < 4.78 is 17.2. The third kappa shape index (κ3) is 8.34. The van der Waals surface area contributed by atoms with Crippen LogP contribution in [0.4, 0.5) is 0 Å². The largest absolute Gasteiger partial charge is 0.493 e.